The molecular weight excluding hydrogens is 402 g/mol. The van der Waals surface area contributed by atoms with Crippen molar-refractivity contribution in [2.45, 2.75) is 40.2 Å². The highest BCUT2D eigenvalue weighted by Crippen LogP contribution is 2.18. The first-order valence-corrected chi connectivity index (χ1v) is 10.1. The fourth-order valence-corrected chi connectivity index (χ4v) is 2.62. The summed E-state index contributed by atoms with van der Waals surface area (Å²) in [6, 6.07) is 12.4. The van der Waals surface area contributed by atoms with Crippen molar-refractivity contribution in [3.8, 4) is 11.5 Å². The number of hydrogen-bond donors (Lipinski definition) is 3. The maximum absolute atomic E-state index is 12.2. The fraction of sp³-hybridized carbons (Fsp3) is 0.318. The second kappa shape index (κ2) is 11.2. The van der Waals surface area contributed by atoms with E-state index in [1.54, 1.807) is 24.3 Å². The number of thiocarbonyl (C=S) groups is 1. The van der Waals surface area contributed by atoms with Crippen LogP contribution in [0.5, 0.6) is 11.5 Å². The molecule has 2 amide bonds. The fourth-order valence-electron chi connectivity index (χ4n) is 2.47. The van der Waals surface area contributed by atoms with Crippen molar-refractivity contribution in [3.63, 3.8) is 0 Å². The van der Waals surface area contributed by atoms with E-state index >= 15 is 0 Å². The molecule has 2 rings (SSSR count). The van der Waals surface area contributed by atoms with Crippen molar-refractivity contribution < 1.29 is 19.1 Å². The van der Waals surface area contributed by atoms with Gasteiger partial charge in [-0.25, -0.2) is 0 Å². The Morgan fingerprint density at radius 1 is 1.07 bits per heavy atom. The summed E-state index contributed by atoms with van der Waals surface area (Å²) in [6.07, 6.45) is 0.993. The van der Waals surface area contributed by atoms with E-state index in [9.17, 15) is 9.59 Å². The first-order valence-electron chi connectivity index (χ1n) is 9.65. The summed E-state index contributed by atoms with van der Waals surface area (Å²) in [6.45, 7) is 7.72. The van der Waals surface area contributed by atoms with Crippen LogP contribution in [0.25, 0.3) is 0 Å². The largest absolute Gasteiger partial charge is 0.491 e. The predicted molar refractivity (Wildman–Crippen MR) is 120 cm³/mol. The summed E-state index contributed by atoms with van der Waals surface area (Å²) in [4.78, 5) is 24.2. The second-order valence-corrected chi connectivity index (χ2v) is 7.28. The molecule has 3 N–H and O–H groups in total. The van der Waals surface area contributed by atoms with Gasteiger partial charge in [0, 0.05) is 5.56 Å². The summed E-state index contributed by atoms with van der Waals surface area (Å²) in [5.41, 5.74) is 7.35. The van der Waals surface area contributed by atoms with E-state index in [1.807, 2.05) is 45.9 Å². The molecule has 0 spiro atoms. The van der Waals surface area contributed by atoms with E-state index < -0.39 is 11.8 Å². The first-order chi connectivity index (χ1) is 14.3. The minimum absolute atomic E-state index is 0.0280. The van der Waals surface area contributed by atoms with Gasteiger partial charge in [0.15, 0.2) is 11.7 Å². The third-order valence-electron chi connectivity index (χ3n) is 4.26. The number of nitrogens with one attached hydrogen (secondary N) is 3. The molecule has 160 valence electrons. The Morgan fingerprint density at radius 2 is 1.77 bits per heavy atom. The average molecular weight is 430 g/mol. The van der Waals surface area contributed by atoms with Gasteiger partial charge in [0.25, 0.3) is 11.8 Å². The molecule has 1 atom stereocenters. The van der Waals surface area contributed by atoms with Gasteiger partial charge in [0.2, 0.25) is 0 Å². The van der Waals surface area contributed by atoms with Crippen LogP contribution < -0.4 is 25.6 Å². The standard InChI is InChI=1S/C22H27N3O4S/c1-5-16(4)29-18-9-7-17(8-10-18)21(27)23-22(30)25-24-20(26)13-28-19-11-6-14(2)12-15(19)3/h6-12,16H,5,13H2,1-4H3,(H,24,26)(H2,23,25,27,30). The molecule has 0 saturated heterocycles. The van der Waals surface area contributed by atoms with E-state index in [0.29, 0.717) is 17.1 Å². The molecule has 0 heterocycles. The smallest absolute Gasteiger partial charge is 0.276 e. The topological polar surface area (TPSA) is 88.7 Å². The maximum atomic E-state index is 12.2. The third-order valence-corrected chi connectivity index (χ3v) is 4.46. The van der Waals surface area contributed by atoms with E-state index in [4.69, 9.17) is 21.7 Å². The molecular formula is C22H27N3O4S. The van der Waals surface area contributed by atoms with Gasteiger partial charge in [-0.1, -0.05) is 24.6 Å². The molecule has 2 aromatic carbocycles. The molecule has 2 aromatic rings. The molecule has 0 bridgehead atoms. The Balaban J connectivity index is 1.75. The summed E-state index contributed by atoms with van der Waals surface area (Å²) < 4.78 is 11.2. The highest BCUT2D eigenvalue weighted by Gasteiger charge is 2.10. The van der Waals surface area contributed by atoms with Gasteiger partial charge in [-0.15, -0.1) is 0 Å². The Labute approximate surface area is 182 Å². The van der Waals surface area contributed by atoms with Crippen LogP contribution in [0.2, 0.25) is 0 Å². The lowest BCUT2D eigenvalue weighted by Gasteiger charge is -2.13. The lowest BCUT2D eigenvalue weighted by molar-refractivity contribution is -0.123. The van der Waals surface area contributed by atoms with E-state index in [1.165, 1.54) is 0 Å². The molecule has 0 aliphatic carbocycles. The average Bonchev–Trinajstić information content (AvgIpc) is 2.72. The van der Waals surface area contributed by atoms with Crippen molar-refractivity contribution in [2.24, 2.45) is 0 Å². The lowest BCUT2D eigenvalue weighted by Crippen LogP contribution is -2.49. The number of benzene rings is 2. The van der Waals surface area contributed by atoms with Gasteiger partial charge < -0.3 is 9.47 Å². The van der Waals surface area contributed by atoms with E-state index in [0.717, 1.165) is 17.5 Å². The molecule has 7 nitrogen and oxygen atoms in total. The molecule has 0 radical (unpaired) electrons. The summed E-state index contributed by atoms with van der Waals surface area (Å²) in [5.74, 6) is 0.492. The summed E-state index contributed by atoms with van der Waals surface area (Å²) >= 11 is 5.04. The number of hydrazine groups is 1. The molecule has 8 heteroatoms. The summed E-state index contributed by atoms with van der Waals surface area (Å²) in [5, 5.41) is 2.47. The van der Waals surface area contributed by atoms with E-state index in [2.05, 4.69) is 16.2 Å². The molecule has 30 heavy (non-hydrogen) atoms. The van der Waals surface area contributed by atoms with Gasteiger partial charge in [-0.3, -0.25) is 25.8 Å². The number of carbonyl (C=O) groups is 2. The lowest BCUT2D eigenvalue weighted by atomic mass is 10.1. The van der Waals surface area contributed by atoms with Crippen molar-refractivity contribution >= 4 is 29.1 Å². The SMILES string of the molecule is CCC(C)Oc1ccc(C(=O)NC(=S)NNC(=O)COc2ccc(C)cc2C)cc1. The van der Waals surface area contributed by atoms with Crippen molar-refractivity contribution in [1.29, 1.82) is 0 Å². The van der Waals surface area contributed by atoms with E-state index in [-0.39, 0.29) is 17.8 Å². The number of carbonyl (C=O) groups excluding carboxylic acids is 2. The van der Waals surface area contributed by atoms with Crippen LogP contribution in [0.1, 0.15) is 41.8 Å². The molecule has 0 aliphatic heterocycles. The van der Waals surface area contributed by atoms with Crippen LogP contribution in [0.4, 0.5) is 0 Å². The van der Waals surface area contributed by atoms with Crippen molar-refractivity contribution in [2.75, 3.05) is 6.61 Å². The number of ether oxygens (including phenoxy) is 2. The molecule has 0 fully saturated rings. The van der Waals surface area contributed by atoms with Crippen molar-refractivity contribution in [1.82, 2.24) is 16.2 Å². The van der Waals surface area contributed by atoms with Gasteiger partial charge in [0.1, 0.15) is 11.5 Å². The Bertz CT molecular complexity index is 900. The van der Waals surface area contributed by atoms with Gasteiger partial charge in [-0.2, -0.15) is 0 Å². The Hall–Kier alpha value is -3.13. The number of rotatable bonds is 7. The van der Waals surface area contributed by atoms with Crippen LogP contribution in [0, 0.1) is 13.8 Å². The van der Waals surface area contributed by atoms with Gasteiger partial charge >= 0.3 is 0 Å². The molecule has 0 saturated carbocycles. The highest BCUT2D eigenvalue weighted by molar-refractivity contribution is 7.80. The highest BCUT2D eigenvalue weighted by atomic mass is 32.1. The minimum atomic E-state index is -0.432. The zero-order chi connectivity index (χ0) is 22.1. The van der Waals surface area contributed by atoms with Crippen LogP contribution >= 0.6 is 12.2 Å². The predicted octanol–water partition coefficient (Wildman–Crippen LogP) is 3.20. The number of amides is 2. The van der Waals surface area contributed by atoms with Gasteiger partial charge in [-0.05, 0) is 75.3 Å². The quantitative estimate of drug-likeness (QED) is 0.463. The number of aryl methyl sites for hydroxylation is 2. The summed E-state index contributed by atoms with van der Waals surface area (Å²) in [7, 11) is 0. The Kier molecular flexibility index (Phi) is 8.61. The molecule has 0 aromatic heterocycles. The first kappa shape index (κ1) is 23.2. The van der Waals surface area contributed by atoms with Crippen LogP contribution in [0.15, 0.2) is 42.5 Å². The zero-order valence-corrected chi connectivity index (χ0v) is 18.4. The van der Waals surface area contributed by atoms with Crippen LogP contribution in [-0.2, 0) is 4.79 Å². The van der Waals surface area contributed by atoms with Gasteiger partial charge in [0.05, 0.1) is 6.10 Å². The Morgan fingerprint density at radius 3 is 2.40 bits per heavy atom. The molecule has 0 aliphatic rings. The zero-order valence-electron chi connectivity index (χ0n) is 17.6. The van der Waals surface area contributed by atoms with Crippen LogP contribution in [-0.4, -0.2) is 29.6 Å². The molecule has 1 unspecified atom stereocenters. The normalized spacial score (nSPS) is 11.2. The monoisotopic (exact) mass is 429 g/mol. The van der Waals surface area contributed by atoms with Crippen LogP contribution in [0.3, 0.4) is 0 Å². The number of hydrogen-bond acceptors (Lipinski definition) is 5. The van der Waals surface area contributed by atoms with Crippen molar-refractivity contribution in [3.05, 3.63) is 59.2 Å². The minimum Gasteiger partial charge on any atom is -0.491 e. The second-order valence-electron chi connectivity index (χ2n) is 6.88. The third kappa shape index (κ3) is 7.36. The maximum Gasteiger partial charge on any atom is 0.276 e.